The number of nitrogen functional groups attached to an aromatic ring is 1. The summed E-state index contributed by atoms with van der Waals surface area (Å²) in [6.07, 6.45) is -7.05. The molecule has 0 aliphatic heterocycles. The van der Waals surface area contributed by atoms with E-state index in [1.807, 2.05) is 0 Å². The van der Waals surface area contributed by atoms with E-state index in [0.29, 0.717) is 18.0 Å². The Morgan fingerprint density at radius 2 is 2.10 bits per heavy atom. The Morgan fingerprint density at radius 3 is 2.60 bits per heavy atom. The van der Waals surface area contributed by atoms with Gasteiger partial charge in [0.25, 0.3) is 0 Å². The molecule has 6 nitrogen and oxygen atoms in total. The first-order valence-corrected chi connectivity index (χ1v) is 7.98. The molecule has 0 aliphatic carbocycles. The lowest BCUT2D eigenvalue weighted by Gasteiger charge is -2.15. The lowest BCUT2D eigenvalue weighted by Crippen LogP contribution is -2.35. The molecule has 0 aliphatic rings. The number of rotatable bonds is 6. The van der Waals surface area contributed by atoms with Crippen molar-refractivity contribution in [2.45, 2.75) is 30.5 Å². The van der Waals surface area contributed by atoms with Crippen molar-refractivity contribution < 1.29 is 26.7 Å². The minimum atomic E-state index is -4.79. The number of nitrogens with two attached hydrogens (primary N) is 1. The van der Waals surface area contributed by atoms with E-state index in [0.717, 1.165) is 0 Å². The summed E-state index contributed by atoms with van der Waals surface area (Å²) in [5, 5.41) is 11.0. The molecular formula is C9H14F3N3O3S2. The van der Waals surface area contributed by atoms with Gasteiger partial charge in [-0.15, -0.1) is 0 Å². The molecule has 1 atom stereocenters. The minimum absolute atomic E-state index is 0.0979. The van der Waals surface area contributed by atoms with Crippen LogP contribution in [0.4, 0.5) is 24.0 Å². The monoisotopic (exact) mass is 333 g/mol. The first-order valence-electron chi connectivity index (χ1n) is 5.56. The molecule has 1 aromatic heterocycles. The van der Waals surface area contributed by atoms with Crippen molar-refractivity contribution in [3.63, 3.8) is 0 Å². The fourth-order valence-corrected chi connectivity index (χ4v) is 4.01. The van der Waals surface area contributed by atoms with Crippen LogP contribution in [0.5, 0.6) is 0 Å². The number of halogens is 3. The van der Waals surface area contributed by atoms with Gasteiger partial charge in [-0.3, -0.25) is 0 Å². The summed E-state index contributed by atoms with van der Waals surface area (Å²) in [5.74, 6) is -0.445. The highest BCUT2D eigenvalue weighted by Crippen LogP contribution is 2.33. The predicted octanol–water partition coefficient (Wildman–Crippen LogP) is 1.24. The number of aliphatic hydroxyl groups excluding tert-OH is 1. The molecule has 11 heteroatoms. The Balaban J connectivity index is 2.94. The average molecular weight is 333 g/mol. The van der Waals surface area contributed by atoms with Crippen LogP contribution >= 0.6 is 11.5 Å². The first-order chi connectivity index (χ1) is 9.09. The van der Waals surface area contributed by atoms with Crippen molar-refractivity contribution in [3.8, 4) is 0 Å². The van der Waals surface area contributed by atoms with Crippen molar-refractivity contribution in [1.82, 2.24) is 4.37 Å². The molecule has 1 aromatic rings. The van der Waals surface area contributed by atoms with Gasteiger partial charge in [0.1, 0.15) is 9.90 Å². The van der Waals surface area contributed by atoms with Crippen LogP contribution in [0.3, 0.4) is 0 Å². The maximum atomic E-state index is 12.2. The van der Waals surface area contributed by atoms with Crippen LogP contribution in [-0.2, 0) is 9.84 Å². The number of nitrogens with zero attached hydrogens (tertiary/aromatic N) is 1. The van der Waals surface area contributed by atoms with Gasteiger partial charge in [-0.2, -0.15) is 17.5 Å². The zero-order chi connectivity index (χ0) is 15.6. The first kappa shape index (κ1) is 17.0. The van der Waals surface area contributed by atoms with Crippen LogP contribution in [0.2, 0.25) is 0 Å². The van der Waals surface area contributed by atoms with E-state index in [1.54, 1.807) is 6.92 Å². The van der Waals surface area contributed by atoms with Crippen molar-refractivity contribution in [3.05, 3.63) is 0 Å². The molecule has 0 saturated heterocycles. The third kappa shape index (κ3) is 3.96. The number of aliphatic hydroxyl groups is 1. The largest absolute Gasteiger partial charge is 0.416 e. The summed E-state index contributed by atoms with van der Waals surface area (Å²) in [4.78, 5) is -0.307. The van der Waals surface area contributed by atoms with Gasteiger partial charge in [0.05, 0.1) is 12.3 Å². The SMILES string of the molecule is CCCS(=O)(=O)c1c(N)nsc1NCC(O)C(F)(F)F. The second-order valence-electron chi connectivity index (χ2n) is 3.98. The number of anilines is 2. The molecule has 116 valence electrons. The molecular weight excluding hydrogens is 319 g/mol. The zero-order valence-electron chi connectivity index (χ0n) is 10.4. The van der Waals surface area contributed by atoms with Crippen molar-refractivity contribution >= 4 is 32.2 Å². The molecule has 0 aromatic carbocycles. The smallest absolute Gasteiger partial charge is 0.382 e. The highest BCUT2D eigenvalue weighted by molar-refractivity contribution is 7.91. The molecule has 1 rings (SSSR count). The van der Waals surface area contributed by atoms with E-state index in [9.17, 15) is 21.6 Å². The van der Waals surface area contributed by atoms with E-state index in [2.05, 4.69) is 9.69 Å². The van der Waals surface area contributed by atoms with Crippen LogP contribution in [-0.4, -0.2) is 42.5 Å². The fraction of sp³-hybridized carbons (Fsp3) is 0.667. The number of nitrogens with one attached hydrogen (secondary N) is 1. The molecule has 0 bridgehead atoms. The summed E-state index contributed by atoms with van der Waals surface area (Å²) in [6.45, 7) is 0.772. The molecule has 0 fully saturated rings. The average Bonchev–Trinajstić information content (AvgIpc) is 2.66. The second kappa shape index (κ2) is 6.14. The van der Waals surface area contributed by atoms with Gasteiger partial charge < -0.3 is 16.2 Å². The van der Waals surface area contributed by atoms with Gasteiger partial charge in [-0.05, 0) is 18.0 Å². The number of alkyl halides is 3. The van der Waals surface area contributed by atoms with Crippen LogP contribution in [0.15, 0.2) is 4.90 Å². The van der Waals surface area contributed by atoms with Crippen molar-refractivity contribution in [2.75, 3.05) is 23.3 Å². The van der Waals surface area contributed by atoms with E-state index >= 15 is 0 Å². The van der Waals surface area contributed by atoms with Crippen LogP contribution in [0.25, 0.3) is 0 Å². The number of sulfone groups is 1. The summed E-state index contributed by atoms with van der Waals surface area (Å²) < 4.78 is 64.0. The Morgan fingerprint density at radius 1 is 1.50 bits per heavy atom. The second-order valence-corrected chi connectivity index (χ2v) is 6.80. The lowest BCUT2D eigenvalue weighted by molar-refractivity contribution is -0.198. The summed E-state index contributed by atoms with van der Waals surface area (Å²) in [5.41, 5.74) is 5.45. The maximum Gasteiger partial charge on any atom is 0.416 e. The van der Waals surface area contributed by atoms with Crippen molar-refractivity contribution in [1.29, 1.82) is 0 Å². The molecule has 0 amide bonds. The van der Waals surface area contributed by atoms with E-state index in [-0.39, 0.29) is 21.5 Å². The molecule has 0 radical (unpaired) electrons. The predicted molar refractivity (Wildman–Crippen MR) is 69.4 cm³/mol. The Labute approximate surface area is 117 Å². The molecule has 0 spiro atoms. The van der Waals surface area contributed by atoms with Gasteiger partial charge in [0.2, 0.25) is 0 Å². The van der Waals surface area contributed by atoms with E-state index in [1.165, 1.54) is 0 Å². The lowest BCUT2D eigenvalue weighted by atomic mass is 10.3. The topological polar surface area (TPSA) is 105 Å². The van der Waals surface area contributed by atoms with Gasteiger partial charge >= 0.3 is 6.18 Å². The summed E-state index contributed by atoms with van der Waals surface area (Å²) in [6, 6.07) is 0. The molecule has 4 N–H and O–H groups in total. The number of hydrogen-bond acceptors (Lipinski definition) is 7. The van der Waals surface area contributed by atoms with E-state index in [4.69, 9.17) is 10.8 Å². The fourth-order valence-electron chi connectivity index (χ4n) is 1.38. The van der Waals surface area contributed by atoms with Crippen LogP contribution < -0.4 is 11.1 Å². The number of hydrogen-bond donors (Lipinski definition) is 3. The summed E-state index contributed by atoms with van der Waals surface area (Å²) >= 11 is 0.638. The quantitative estimate of drug-likeness (QED) is 0.723. The molecule has 20 heavy (non-hydrogen) atoms. The molecule has 1 unspecified atom stereocenters. The molecule has 0 saturated carbocycles. The zero-order valence-corrected chi connectivity index (χ0v) is 12.1. The van der Waals surface area contributed by atoms with Gasteiger partial charge in [0.15, 0.2) is 21.8 Å². The van der Waals surface area contributed by atoms with Crippen LogP contribution in [0.1, 0.15) is 13.3 Å². The Bertz CT molecular complexity index is 557. The standard InChI is InChI=1S/C9H14F3N3O3S2/c1-2-3-20(17,18)6-7(13)15-19-8(6)14-4-5(16)9(10,11)12/h5,14,16H,2-4H2,1H3,(H2,13,15). The normalized spacial score (nSPS) is 14.2. The van der Waals surface area contributed by atoms with E-state index < -0.39 is 28.7 Å². The van der Waals surface area contributed by atoms with Crippen LogP contribution in [0, 0.1) is 0 Å². The Hall–Kier alpha value is -1.07. The van der Waals surface area contributed by atoms with Gasteiger partial charge in [0, 0.05) is 0 Å². The van der Waals surface area contributed by atoms with Gasteiger partial charge in [-0.25, -0.2) is 8.42 Å². The maximum absolute atomic E-state index is 12.2. The minimum Gasteiger partial charge on any atom is -0.382 e. The number of aromatic nitrogens is 1. The molecule has 1 heterocycles. The highest BCUT2D eigenvalue weighted by atomic mass is 32.2. The summed E-state index contributed by atoms with van der Waals surface area (Å²) in [7, 11) is -3.71. The van der Waals surface area contributed by atoms with Gasteiger partial charge in [-0.1, -0.05) is 6.92 Å². The third-order valence-electron chi connectivity index (χ3n) is 2.29. The highest BCUT2D eigenvalue weighted by Gasteiger charge is 2.38. The third-order valence-corrected chi connectivity index (χ3v) is 5.22. The van der Waals surface area contributed by atoms with Crippen molar-refractivity contribution in [2.24, 2.45) is 0 Å². The Kier molecular flexibility index (Phi) is 5.21.